The molecule has 2 unspecified atom stereocenters. The zero-order valence-corrected chi connectivity index (χ0v) is 22.6. The maximum absolute atomic E-state index is 14.2. The lowest BCUT2D eigenvalue weighted by molar-refractivity contribution is -0.138. The number of nitrogens with one attached hydrogen (secondary N) is 1. The summed E-state index contributed by atoms with van der Waals surface area (Å²) in [6, 6.07) is 8.86. The Hall–Kier alpha value is -3.23. The maximum atomic E-state index is 14.2. The number of carboxylic acids is 1. The number of likely N-dealkylation sites (N-methyl/N-ethyl adjacent to an activating group) is 1. The molecule has 0 radical (unpaired) electrons. The molecule has 2 atom stereocenters. The molecular weight excluding hydrogens is 505 g/mol. The van der Waals surface area contributed by atoms with E-state index in [0.29, 0.717) is 34.6 Å². The first kappa shape index (κ1) is 25.1. The highest BCUT2D eigenvalue weighted by atomic mass is 35.5. The van der Waals surface area contributed by atoms with Crippen molar-refractivity contribution < 1.29 is 14.3 Å². The summed E-state index contributed by atoms with van der Waals surface area (Å²) >= 11 is 6.58. The highest BCUT2D eigenvalue weighted by Gasteiger charge is 2.43. The zero-order valence-electron chi connectivity index (χ0n) is 21.8. The van der Waals surface area contributed by atoms with Crippen LogP contribution in [0, 0.1) is 5.82 Å². The van der Waals surface area contributed by atoms with Crippen molar-refractivity contribution in [3.63, 3.8) is 0 Å². The molecule has 1 aliphatic carbocycles. The van der Waals surface area contributed by atoms with Gasteiger partial charge >= 0.3 is 5.97 Å². The minimum atomic E-state index is -0.946. The van der Waals surface area contributed by atoms with E-state index in [1.54, 1.807) is 12.3 Å². The van der Waals surface area contributed by atoms with Crippen molar-refractivity contribution in [1.29, 1.82) is 0 Å². The van der Waals surface area contributed by atoms with Crippen molar-refractivity contribution in [1.82, 2.24) is 14.9 Å². The summed E-state index contributed by atoms with van der Waals surface area (Å²) in [4.78, 5) is 25.1. The van der Waals surface area contributed by atoms with E-state index in [-0.39, 0.29) is 11.8 Å². The number of aliphatic carboxylic acids is 1. The number of rotatable bonds is 5. The molecule has 9 heteroatoms. The van der Waals surface area contributed by atoms with Gasteiger partial charge in [0.15, 0.2) is 5.82 Å². The van der Waals surface area contributed by atoms with Crippen LogP contribution in [0.4, 0.5) is 27.5 Å². The summed E-state index contributed by atoms with van der Waals surface area (Å²) in [5, 5.41) is 13.3. The Labute approximate surface area is 226 Å². The summed E-state index contributed by atoms with van der Waals surface area (Å²) in [5.41, 5.74) is 5.88. The molecule has 1 aromatic heterocycles. The molecule has 38 heavy (non-hydrogen) atoms. The van der Waals surface area contributed by atoms with Gasteiger partial charge in [0, 0.05) is 41.8 Å². The van der Waals surface area contributed by atoms with Crippen LogP contribution in [0.3, 0.4) is 0 Å². The molecule has 2 aromatic carbocycles. The van der Waals surface area contributed by atoms with E-state index in [4.69, 9.17) is 16.6 Å². The lowest BCUT2D eigenvalue weighted by Gasteiger charge is -2.45. The van der Waals surface area contributed by atoms with Crippen LogP contribution in [0.25, 0.3) is 0 Å². The normalized spacial score (nSPS) is 24.2. The highest BCUT2D eigenvalue weighted by molar-refractivity contribution is 6.33. The number of fused-ring (bicyclic) bond motifs is 1. The molecule has 2 N–H and O–H groups in total. The van der Waals surface area contributed by atoms with Gasteiger partial charge in [0.1, 0.15) is 10.8 Å². The number of hydrogen-bond acceptors (Lipinski definition) is 6. The Balaban J connectivity index is 1.36. The van der Waals surface area contributed by atoms with Crippen molar-refractivity contribution in [2.45, 2.75) is 56.9 Å². The number of nitrogens with zero attached hydrogens (tertiary/aromatic N) is 4. The number of carbonyl (C=O) groups is 1. The molecule has 0 saturated carbocycles. The molecule has 3 aliphatic rings. The van der Waals surface area contributed by atoms with Gasteiger partial charge in [-0.05, 0) is 78.9 Å². The lowest BCUT2D eigenvalue weighted by atomic mass is 9.67. The van der Waals surface area contributed by atoms with Crippen LogP contribution >= 0.6 is 11.6 Å². The molecule has 2 aliphatic heterocycles. The van der Waals surface area contributed by atoms with Crippen molar-refractivity contribution in [2.75, 3.05) is 30.4 Å². The summed E-state index contributed by atoms with van der Waals surface area (Å²) in [7, 11) is 2.18. The number of aryl methyl sites for hydroxylation is 1. The number of hydrogen-bond donors (Lipinski definition) is 2. The minimum Gasteiger partial charge on any atom is -0.481 e. The fraction of sp³-hybridized carbons (Fsp3) is 0.414. The first-order valence-corrected chi connectivity index (χ1v) is 13.4. The molecule has 0 bridgehead atoms. The first-order valence-electron chi connectivity index (χ1n) is 13.0. The fourth-order valence-electron chi connectivity index (χ4n) is 6.99. The minimum absolute atomic E-state index is 0.140. The van der Waals surface area contributed by atoms with E-state index in [2.05, 4.69) is 41.3 Å². The predicted octanol–water partition coefficient (Wildman–Crippen LogP) is 5.94. The third-order valence-corrected chi connectivity index (χ3v) is 8.59. The van der Waals surface area contributed by atoms with Crippen LogP contribution in [0.2, 0.25) is 5.02 Å². The van der Waals surface area contributed by atoms with E-state index >= 15 is 0 Å². The molecule has 0 amide bonds. The Bertz CT molecular complexity index is 1470. The third kappa shape index (κ3) is 4.20. The van der Waals surface area contributed by atoms with Crippen molar-refractivity contribution in [2.24, 2.45) is 0 Å². The predicted molar refractivity (Wildman–Crippen MR) is 146 cm³/mol. The molecule has 3 aromatic rings. The fourth-order valence-corrected chi connectivity index (χ4v) is 7.18. The molecule has 7 nitrogen and oxygen atoms in total. The van der Waals surface area contributed by atoms with Gasteiger partial charge in [-0.25, -0.2) is 9.37 Å². The molecule has 0 fully saturated rings. The SMILES string of the molecule is CN1Cc2cc(Nc3ncc(Cl)c(N4CC(C)(CC(=O)O)c5cc(F)ccc54)n3)cc3c2C(C)(CCC3)C1. The van der Waals surface area contributed by atoms with Crippen molar-refractivity contribution in [3.05, 3.63) is 69.6 Å². The lowest BCUT2D eigenvalue weighted by Crippen LogP contribution is -2.44. The molecule has 0 spiro atoms. The summed E-state index contributed by atoms with van der Waals surface area (Å²) < 4.78 is 14.2. The Morgan fingerprint density at radius 2 is 2.00 bits per heavy atom. The Morgan fingerprint density at radius 1 is 1.21 bits per heavy atom. The molecular formula is C29H31ClFN5O2. The Kier molecular flexibility index (Phi) is 5.88. The number of carboxylic acid groups (broad SMARTS) is 1. The van der Waals surface area contributed by atoms with Gasteiger partial charge in [0.2, 0.25) is 5.95 Å². The third-order valence-electron chi connectivity index (χ3n) is 8.32. The van der Waals surface area contributed by atoms with Gasteiger partial charge in [-0.1, -0.05) is 25.4 Å². The number of aromatic nitrogens is 2. The van der Waals surface area contributed by atoms with Crippen LogP contribution in [-0.2, 0) is 28.6 Å². The van der Waals surface area contributed by atoms with Gasteiger partial charge in [0.25, 0.3) is 0 Å². The Morgan fingerprint density at radius 3 is 2.79 bits per heavy atom. The van der Waals surface area contributed by atoms with Crippen LogP contribution in [0.15, 0.2) is 36.5 Å². The van der Waals surface area contributed by atoms with E-state index in [9.17, 15) is 14.3 Å². The van der Waals surface area contributed by atoms with Crippen molar-refractivity contribution >= 4 is 40.7 Å². The second kappa shape index (κ2) is 8.92. The molecule has 0 saturated heterocycles. The van der Waals surface area contributed by atoms with Crippen LogP contribution in [-0.4, -0.2) is 46.1 Å². The average molecular weight is 536 g/mol. The second-order valence-electron chi connectivity index (χ2n) is 11.6. The van der Waals surface area contributed by atoms with Crippen LogP contribution < -0.4 is 10.2 Å². The molecule has 198 valence electrons. The second-order valence-corrected chi connectivity index (χ2v) is 12.0. The monoisotopic (exact) mass is 535 g/mol. The van der Waals surface area contributed by atoms with Crippen LogP contribution in [0.5, 0.6) is 0 Å². The van der Waals surface area contributed by atoms with E-state index in [1.807, 2.05) is 11.8 Å². The summed E-state index contributed by atoms with van der Waals surface area (Å²) in [6.45, 7) is 6.50. The standard InChI is InChI=1S/C29H31ClFN5O2/c1-28-8-4-5-17-9-20(10-18(25(17)28)14-35(3)15-28)33-27-32-13-22(30)26(34-27)36-16-29(2,12-24(37)38)21-11-19(31)6-7-23(21)36/h6-7,9-11,13H,4-5,8,12,14-16H2,1-3H3,(H,37,38)(H,32,33,34). The van der Waals surface area contributed by atoms with Gasteiger partial charge in [-0.2, -0.15) is 4.98 Å². The summed E-state index contributed by atoms with van der Waals surface area (Å²) in [5.74, 6) is -0.497. The van der Waals surface area contributed by atoms with Gasteiger partial charge < -0.3 is 20.2 Å². The average Bonchev–Trinajstić information content (AvgIpc) is 3.10. The molecule has 6 rings (SSSR count). The maximum Gasteiger partial charge on any atom is 0.304 e. The van der Waals surface area contributed by atoms with E-state index in [0.717, 1.165) is 25.2 Å². The topological polar surface area (TPSA) is 81.6 Å². The zero-order chi connectivity index (χ0) is 26.8. The van der Waals surface area contributed by atoms with Crippen molar-refractivity contribution in [3.8, 4) is 0 Å². The smallest absolute Gasteiger partial charge is 0.304 e. The van der Waals surface area contributed by atoms with E-state index < -0.39 is 17.2 Å². The first-order chi connectivity index (χ1) is 18.0. The van der Waals surface area contributed by atoms with Crippen LogP contribution in [0.1, 0.15) is 55.4 Å². The highest BCUT2D eigenvalue weighted by Crippen LogP contribution is 2.48. The quantitative estimate of drug-likeness (QED) is 0.418. The van der Waals surface area contributed by atoms with Gasteiger partial charge in [0.05, 0.1) is 12.6 Å². The number of benzene rings is 2. The van der Waals surface area contributed by atoms with Gasteiger partial charge in [-0.15, -0.1) is 0 Å². The molecule has 3 heterocycles. The van der Waals surface area contributed by atoms with Gasteiger partial charge in [-0.3, -0.25) is 4.79 Å². The number of halogens is 2. The largest absolute Gasteiger partial charge is 0.481 e. The van der Waals surface area contributed by atoms with E-state index in [1.165, 1.54) is 41.7 Å². The summed E-state index contributed by atoms with van der Waals surface area (Å²) in [6.07, 6.45) is 4.85. The number of anilines is 4.